The topological polar surface area (TPSA) is 90.9 Å². The van der Waals surface area contributed by atoms with E-state index in [-0.39, 0.29) is 24.1 Å². The highest BCUT2D eigenvalue weighted by molar-refractivity contribution is 5.82. The lowest BCUT2D eigenvalue weighted by molar-refractivity contribution is -0.145. The number of hydrogen-bond acceptors (Lipinski definition) is 6. The van der Waals surface area contributed by atoms with Gasteiger partial charge in [-0.1, -0.05) is 48.8 Å². The first-order valence-electron chi connectivity index (χ1n) is 13.7. The molecule has 1 unspecified atom stereocenters. The largest absolute Gasteiger partial charge is 0.493 e. The van der Waals surface area contributed by atoms with Crippen molar-refractivity contribution in [3.63, 3.8) is 0 Å². The van der Waals surface area contributed by atoms with Gasteiger partial charge in [-0.15, -0.1) is 0 Å². The van der Waals surface area contributed by atoms with Crippen molar-refractivity contribution in [3.05, 3.63) is 58.7 Å². The molecule has 0 spiro atoms. The summed E-state index contributed by atoms with van der Waals surface area (Å²) < 4.78 is 16.2. The summed E-state index contributed by atoms with van der Waals surface area (Å²) in [6.45, 7) is 13.7. The Morgan fingerprint density at radius 2 is 1.51 bits per heavy atom. The van der Waals surface area contributed by atoms with Gasteiger partial charge in [-0.05, 0) is 96.4 Å². The van der Waals surface area contributed by atoms with Gasteiger partial charge in [0.15, 0.2) is 11.5 Å². The maximum absolute atomic E-state index is 12.7. The summed E-state index contributed by atoms with van der Waals surface area (Å²) in [5, 5.41) is 2.61. The van der Waals surface area contributed by atoms with Crippen LogP contribution >= 0.6 is 0 Å². The summed E-state index contributed by atoms with van der Waals surface area (Å²) >= 11 is 0. The van der Waals surface area contributed by atoms with Crippen molar-refractivity contribution < 1.29 is 28.6 Å². The Hall–Kier alpha value is -3.35. The first-order chi connectivity index (χ1) is 18.4. The molecule has 1 aromatic carbocycles. The van der Waals surface area contributed by atoms with Gasteiger partial charge in [0, 0.05) is 6.42 Å². The lowest BCUT2D eigenvalue weighted by Gasteiger charge is -2.20. The Morgan fingerprint density at radius 3 is 2.10 bits per heavy atom. The predicted octanol–water partition coefficient (Wildman–Crippen LogP) is 7.29. The van der Waals surface area contributed by atoms with Crippen LogP contribution in [0.15, 0.2) is 53.1 Å². The van der Waals surface area contributed by atoms with Crippen LogP contribution in [0.3, 0.4) is 0 Å². The third-order valence-electron chi connectivity index (χ3n) is 6.17. The van der Waals surface area contributed by atoms with E-state index >= 15 is 0 Å². The van der Waals surface area contributed by atoms with Crippen LogP contribution in [-0.4, -0.2) is 37.6 Å². The Kier molecular flexibility index (Phi) is 15.6. The van der Waals surface area contributed by atoms with Crippen molar-refractivity contribution in [2.75, 3.05) is 13.7 Å². The van der Waals surface area contributed by atoms with Crippen LogP contribution in [0.1, 0.15) is 86.1 Å². The number of hydrogen-bond donors (Lipinski definition) is 1. The zero-order chi connectivity index (χ0) is 29.4. The molecule has 1 aromatic rings. The summed E-state index contributed by atoms with van der Waals surface area (Å²) in [7, 11) is 1.47. The molecule has 39 heavy (non-hydrogen) atoms. The van der Waals surface area contributed by atoms with E-state index in [9.17, 15) is 14.4 Å². The van der Waals surface area contributed by atoms with Crippen LogP contribution in [0.2, 0.25) is 0 Å². The third kappa shape index (κ3) is 14.4. The second-order valence-electron chi connectivity index (χ2n) is 10.5. The van der Waals surface area contributed by atoms with Crippen LogP contribution in [-0.2, 0) is 20.7 Å². The highest BCUT2D eigenvalue weighted by Crippen LogP contribution is 2.29. The number of aryl methyl sites for hydroxylation is 1. The number of nitrogens with one attached hydrogen (secondary N) is 1. The monoisotopic (exact) mass is 541 g/mol. The van der Waals surface area contributed by atoms with E-state index in [0.717, 1.165) is 36.8 Å². The lowest BCUT2D eigenvalue weighted by atomic mass is 10.1. The Labute approximate surface area is 234 Å². The minimum Gasteiger partial charge on any atom is -0.493 e. The van der Waals surface area contributed by atoms with Crippen LogP contribution in [0.4, 0.5) is 4.79 Å². The van der Waals surface area contributed by atoms with Crippen molar-refractivity contribution in [1.29, 1.82) is 0 Å². The summed E-state index contributed by atoms with van der Waals surface area (Å²) in [4.78, 5) is 36.6. The van der Waals surface area contributed by atoms with Crippen molar-refractivity contribution in [2.24, 2.45) is 5.92 Å². The summed E-state index contributed by atoms with van der Waals surface area (Å²) in [6.07, 6.45) is 10.6. The van der Waals surface area contributed by atoms with Crippen molar-refractivity contribution in [2.45, 2.75) is 93.0 Å². The van der Waals surface area contributed by atoms with Gasteiger partial charge in [0.05, 0.1) is 7.11 Å². The van der Waals surface area contributed by atoms with E-state index in [2.05, 4.69) is 38.2 Å². The lowest BCUT2D eigenvalue weighted by Crippen LogP contribution is -2.46. The van der Waals surface area contributed by atoms with Crippen molar-refractivity contribution in [3.8, 4) is 11.5 Å². The van der Waals surface area contributed by atoms with E-state index in [4.69, 9.17) is 14.2 Å². The Balaban J connectivity index is 2.61. The van der Waals surface area contributed by atoms with Crippen LogP contribution < -0.4 is 14.8 Å². The van der Waals surface area contributed by atoms with Gasteiger partial charge in [0.25, 0.3) is 0 Å². The van der Waals surface area contributed by atoms with Gasteiger partial charge >= 0.3 is 12.1 Å². The molecule has 0 radical (unpaired) electrons. The van der Waals surface area contributed by atoms with Gasteiger partial charge in [-0.25, -0.2) is 9.59 Å². The molecular weight excluding hydrogens is 494 g/mol. The van der Waals surface area contributed by atoms with Crippen LogP contribution in [0, 0.1) is 5.92 Å². The number of Topliss-reactive ketones (excluding diaryl/α,β-unsaturated/α-hetero) is 1. The van der Waals surface area contributed by atoms with Crippen molar-refractivity contribution >= 4 is 17.8 Å². The molecule has 7 heteroatoms. The molecule has 0 saturated heterocycles. The number of rotatable bonds is 16. The zero-order valence-corrected chi connectivity index (χ0v) is 25.0. The standard InChI is InChI=1S/C32H47NO6/c1-22(2)11-9-12-24(5)13-10-14-25(6)19-20-38-31(35)30(23(3)4)33-32(36)39-28-18-17-27(16-15-26(7)34)21-29(28)37-8/h11,13,17-19,21,23,30H,9-10,12,14-16,20H2,1-8H3,(H,33,36)/b24-13+,25-19+. The average molecular weight is 542 g/mol. The molecule has 0 saturated carbocycles. The van der Waals surface area contributed by atoms with Crippen LogP contribution in [0.5, 0.6) is 11.5 Å². The molecule has 0 aliphatic carbocycles. The fourth-order valence-corrected chi connectivity index (χ4v) is 3.72. The number of benzene rings is 1. The average Bonchev–Trinajstić information content (AvgIpc) is 2.86. The fourth-order valence-electron chi connectivity index (χ4n) is 3.72. The SMILES string of the molecule is COc1cc(CCC(C)=O)ccc1OC(=O)NC(C(=O)OC/C=C(\C)CC/C=C(\C)CCC=C(C)C)C(C)C. The molecule has 0 fully saturated rings. The molecule has 1 amide bonds. The fraction of sp³-hybridized carbons (Fsp3) is 0.531. The maximum atomic E-state index is 12.7. The minimum absolute atomic E-state index is 0.0967. The molecule has 0 bridgehead atoms. The number of carbonyl (C=O) groups is 3. The molecule has 0 aliphatic rings. The number of ketones is 1. The van der Waals surface area contributed by atoms with Crippen molar-refractivity contribution in [1.82, 2.24) is 5.32 Å². The third-order valence-corrected chi connectivity index (χ3v) is 6.17. The minimum atomic E-state index is -0.863. The number of allylic oxidation sites excluding steroid dienone is 5. The van der Waals surface area contributed by atoms with Gasteiger partial charge in [-0.2, -0.15) is 0 Å². The predicted molar refractivity (Wildman–Crippen MR) is 156 cm³/mol. The molecule has 0 aliphatic heterocycles. The number of amides is 1. The highest BCUT2D eigenvalue weighted by atomic mass is 16.6. The van der Waals surface area contributed by atoms with Gasteiger partial charge in [-0.3, -0.25) is 0 Å². The summed E-state index contributed by atoms with van der Waals surface area (Å²) in [5.41, 5.74) is 4.76. The molecule has 1 N–H and O–H groups in total. The quantitative estimate of drug-likeness (QED) is 0.174. The van der Waals surface area contributed by atoms with Gasteiger partial charge in [0.1, 0.15) is 18.4 Å². The van der Waals surface area contributed by atoms with Gasteiger partial charge < -0.3 is 24.3 Å². The van der Waals surface area contributed by atoms with E-state index < -0.39 is 18.1 Å². The number of carbonyl (C=O) groups excluding carboxylic acids is 3. The molecule has 0 aromatic heterocycles. The Morgan fingerprint density at radius 1 is 0.872 bits per heavy atom. The van der Waals surface area contributed by atoms with E-state index in [1.165, 1.54) is 18.3 Å². The summed E-state index contributed by atoms with van der Waals surface area (Å²) in [6, 6.07) is 4.26. The molecule has 216 valence electrons. The molecule has 1 rings (SSSR count). The summed E-state index contributed by atoms with van der Waals surface area (Å²) in [5.74, 6) is -0.0388. The van der Waals surface area contributed by atoms with E-state index in [1.54, 1.807) is 25.1 Å². The second-order valence-corrected chi connectivity index (χ2v) is 10.5. The van der Waals surface area contributed by atoms with Crippen LogP contribution in [0.25, 0.3) is 0 Å². The number of ether oxygens (including phenoxy) is 3. The first kappa shape index (κ1) is 33.7. The second kappa shape index (κ2) is 18.0. The van der Waals surface area contributed by atoms with E-state index in [1.807, 2.05) is 26.8 Å². The zero-order valence-electron chi connectivity index (χ0n) is 25.0. The molecule has 7 nitrogen and oxygen atoms in total. The maximum Gasteiger partial charge on any atom is 0.413 e. The smallest absolute Gasteiger partial charge is 0.413 e. The molecular formula is C32H47NO6. The first-order valence-corrected chi connectivity index (χ1v) is 13.7. The highest BCUT2D eigenvalue weighted by Gasteiger charge is 2.27. The molecule has 1 atom stereocenters. The van der Waals surface area contributed by atoms with E-state index in [0.29, 0.717) is 18.6 Å². The number of methoxy groups -OCH3 is 1. The van der Waals surface area contributed by atoms with Gasteiger partial charge in [0.2, 0.25) is 0 Å². The normalized spacial score (nSPS) is 12.5. The Bertz CT molecular complexity index is 1050. The number of esters is 1. The molecule has 0 heterocycles.